The minimum absolute atomic E-state index is 0.142. The van der Waals surface area contributed by atoms with Gasteiger partial charge in [0.05, 0.1) is 18.2 Å². The standard InChI is InChI=1S/C16H21NO2/c1-4-9-16(2,3)15(18)12-19-11-14-7-5-13(10-17)6-8-14/h5-8H,4,9,11-12H2,1-3H3. The fraction of sp³-hybridized carbons (Fsp3) is 0.500. The highest BCUT2D eigenvalue weighted by Crippen LogP contribution is 2.23. The number of hydrogen-bond donors (Lipinski definition) is 0. The normalized spacial score (nSPS) is 11.1. The number of rotatable bonds is 7. The molecule has 0 aliphatic heterocycles. The zero-order valence-corrected chi connectivity index (χ0v) is 11.9. The lowest BCUT2D eigenvalue weighted by molar-refractivity contribution is -0.132. The quantitative estimate of drug-likeness (QED) is 0.753. The fourth-order valence-electron chi connectivity index (χ4n) is 1.90. The van der Waals surface area contributed by atoms with Crippen molar-refractivity contribution >= 4 is 5.78 Å². The van der Waals surface area contributed by atoms with Gasteiger partial charge in [0, 0.05) is 5.41 Å². The molecule has 19 heavy (non-hydrogen) atoms. The molecule has 0 atom stereocenters. The molecule has 102 valence electrons. The number of carbonyl (C=O) groups excluding carboxylic acids is 1. The molecule has 0 radical (unpaired) electrons. The first-order valence-corrected chi connectivity index (χ1v) is 6.59. The van der Waals surface area contributed by atoms with E-state index in [1.54, 1.807) is 12.1 Å². The molecular formula is C16H21NO2. The van der Waals surface area contributed by atoms with Crippen molar-refractivity contribution in [2.45, 2.75) is 40.2 Å². The highest BCUT2D eigenvalue weighted by Gasteiger charge is 2.25. The average molecular weight is 259 g/mol. The third kappa shape index (κ3) is 4.84. The van der Waals surface area contributed by atoms with Crippen molar-refractivity contribution in [3.8, 4) is 6.07 Å². The summed E-state index contributed by atoms with van der Waals surface area (Å²) in [5.41, 5.74) is 1.29. The largest absolute Gasteiger partial charge is 0.369 e. The Bertz CT molecular complexity index is 455. The summed E-state index contributed by atoms with van der Waals surface area (Å²) in [6.07, 6.45) is 1.88. The second-order valence-electron chi connectivity index (χ2n) is 5.36. The lowest BCUT2D eigenvalue weighted by atomic mass is 9.84. The Balaban J connectivity index is 2.41. The maximum absolute atomic E-state index is 12.0. The zero-order chi connectivity index (χ0) is 14.3. The van der Waals surface area contributed by atoms with Crippen LogP contribution in [-0.4, -0.2) is 12.4 Å². The summed E-state index contributed by atoms with van der Waals surface area (Å²) in [4.78, 5) is 12.0. The minimum atomic E-state index is -0.306. The third-order valence-electron chi connectivity index (χ3n) is 3.21. The van der Waals surface area contributed by atoms with Gasteiger partial charge in [0.1, 0.15) is 6.61 Å². The molecule has 0 fully saturated rings. The highest BCUT2D eigenvalue weighted by molar-refractivity contribution is 5.85. The molecule has 1 aromatic carbocycles. The van der Waals surface area contributed by atoms with E-state index in [1.165, 1.54) is 0 Å². The van der Waals surface area contributed by atoms with Crippen molar-refractivity contribution in [1.82, 2.24) is 0 Å². The molecule has 3 nitrogen and oxygen atoms in total. The number of Topliss-reactive ketones (excluding diaryl/α,β-unsaturated/α-hetero) is 1. The Hall–Kier alpha value is -1.66. The van der Waals surface area contributed by atoms with E-state index in [4.69, 9.17) is 10.00 Å². The molecular weight excluding hydrogens is 238 g/mol. The van der Waals surface area contributed by atoms with E-state index in [9.17, 15) is 4.79 Å². The van der Waals surface area contributed by atoms with Gasteiger partial charge in [-0.15, -0.1) is 0 Å². The van der Waals surface area contributed by atoms with Crippen LogP contribution in [0.5, 0.6) is 0 Å². The first kappa shape index (κ1) is 15.4. The van der Waals surface area contributed by atoms with Crippen LogP contribution >= 0.6 is 0 Å². The number of hydrogen-bond acceptors (Lipinski definition) is 3. The summed E-state index contributed by atoms with van der Waals surface area (Å²) in [5.74, 6) is 0.142. The highest BCUT2D eigenvalue weighted by atomic mass is 16.5. The average Bonchev–Trinajstić information content (AvgIpc) is 2.39. The van der Waals surface area contributed by atoms with Crippen LogP contribution < -0.4 is 0 Å². The molecule has 0 aliphatic carbocycles. The molecule has 0 aromatic heterocycles. The van der Waals surface area contributed by atoms with Crippen molar-refractivity contribution < 1.29 is 9.53 Å². The maximum atomic E-state index is 12.0. The van der Waals surface area contributed by atoms with Gasteiger partial charge in [-0.2, -0.15) is 5.26 Å². The van der Waals surface area contributed by atoms with Crippen LogP contribution in [0.1, 0.15) is 44.7 Å². The smallest absolute Gasteiger partial charge is 0.164 e. The molecule has 1 aromatic rings. The Labute approximate surface area is 115 Å². The van der Waals surface area contributed by atoms with Crippen LogP contribution in [0, 0.1) is 16.7 Å². The van der Waals surface area contributed by atoms with Gasteiger partial charge in [0.15, 0.2) is 5.78 Å². The first-order valence-electron chi connectivity index (χ1n) is 6.59. The van der Waals surface area contributed by atoms with Crippen molar-refractivity contribution in [2.75, 3.05) is 6.61 Å². The van der Waals surface area contributed by atoms with Gasteiger partial charge in [0.25, 0.3) is 0 Å². The van der Waals surface area contributed by atoms with Gasteiger partial charge in [-0.3, -0.25) is 4.79 Å². The summed E-state index contributed by atoms with van der Waals surface area (Å²) in [6.45, 7) is 6.55. The van der Waals surface area contributed by atoms with Crippen LogP contribution in [0.25, 0.3) is 0 Å². The number of ether oxygens (including phenoxy) is 1. The molecule has 0 saturated heterocycles. The zero-order valence-electron chi connectivity index (χ0n) is 11.9. The number of carbonyl (C=O) groups is 1. The maximum Gasteiger partial charge on any atom is 0.164 e. The fourth-order valence-corrected chi connectivity index (χ4v) is 1.90. The van der Waals surface area contributed by atoms with Crippen LogP contribution in [0.4, 0.5) is 0 Å². The molecule has 0 aliphatic rings. The van der Waals surface area contributed by atoms with E-state index in [2.05, 4.69) is 13.0 Å². The molecule has 0 spiro atoms. The second kappa shape index (κ2) is 7.06. The Morgan fingerprint density at radius 1 is 1.32 bits per heavy atom. The van der Waals surface area contributed by atoms with Crippen molar-refractivity contribution in [2.24, 2.45) is 5.41 Å². The number of ketones is 1. The van der Waals surface area contributed by atoms with E-state index in [-0.39, 0.29) is 17.8 Å². The number of nitriles is 1. The monoisotopic (exact) mass is 259 g/mol. The SMILES string of the molecule is CCCC(C)(C)C(=O)COCc1ccc(C#N)cc1. The van der Waals surface area contributed by atoms with Gasteiger partial charge < -0.3 is 4.74 Å². The molecule has 0 unspecified atom stereocenters. The molecule has 0 amide bonds. The van der Waals surface area contributed by atoms with Gasteiger partial charge in [-0.25, -0.2) is 0 Å². The van der Waals surface area contributed by atoms with Gasteiger partial charge in [-0.05, 0) is 24.1 Å². The Morgan fingerprint density at radius 2 is 1.95 bits per heavy atom. The van der Waals surface area contributed by atoms with E-state index in [0.717, 1.165) is 18.4 Å². The minimum Gasteiger partial charge on any atom is -0.369 e. The summed E-state index contributed by atoms with van der Waals surface area (Å²) in [5, 5.41) is 8.69. The van der Waals surface area contributed by atoms with Crippen LogP contribution in [-0.2, 0) is 16.1 Å². The first-order chi connectivity index (χ1) is 8.99. The van der Waals surface area contributed by atoms with E-state index in [0.29, 0.717) is 12.2 Å². The molecule has 0 saturated carbocycles. The molecule has 1 rings (SSSR count). The molecule has 0 bridgehead atoms. The summed E-state index contributed by atoms with van der Waals surface area (Å²) < 4.78 is 5.46. The van der Waals surface area contributed by atoms with Gasteiger partial charge in [0.2, 0.25) is 0 Å². The van der Waals surface area contributed by atoms with Gasteiger partial charge in [-0.1, -0.05) is 39.3 Å². The van der Waals surface area contributed by atoms with Gasteiger partial charge >= 0.3 is 0 Å². The lowest BCUT2D eigenvalue weighted by Gasteiger charge is -2.22. The van der Waals surface area contributed by atoms with E-state index >= 15 is 0 Å². The predicted molar refractivity (Wildman–Crippen MR) is 74.5 cm³/mol. The van der Waals surface area contributed by atoms with Crippen molar-refractivity contribution in [1.29, 1.82) is 5.26 Å². The van der Waals surface area contributed by atoms with Crippen LogP contribution in [0.15, 0.2) is 24.3 Å². The summed E-state index contributed by atoms with van der Waals surface area (Å²) in [6, 6.07) is 9.27. The molecule has 0 heterocycles. The molecule has 0 N–H and O–H groups in total. The topological polar surface area (TPSA) is 50.1 Å². The number of benzene rings is 1. The summed E-state index contributed by atoms with van der Waals surface area (Å²) in [7, 11) is 0. The Kier molecular flexibility index (Phi) is 5.72. The third-order valence-corrected chi connectivity index (χ3v) is 3.21. The second-order valence-corrected chi connectivity index (χ2v) is 5.36. The van der Waals surface area contributed by atoms with E-state index < -0.39 is 0 Å². The van der Waals surface area contributed by atoms with Crippen LogP contribution in [0.2, 0.25) is 0 Å². The van der Waals surface area contributed by atoms with Crippen LogP contribution in [0.3, 0.4) is 0 Å². The van der Waals surface area contributed by atoms with Crippen molar-refractivity contribution in [3.05, 3.63) is 35.4 Å². The lowest BCUT2D eigenvalue weighted by Crippen LogP contribution is -2.28. The molecule has 3 heteroatoms. The number of nitrogens with zero attached hydrogens (tertiary/aromatic N) is 1. The predicted octanol–water partition coefficient (Wildman–Crippen LogP) is 3.47. The van der Waals surface area contributed by atoms with Crippen molar-refractivity contribution in [3.63, 3.8) is 0 Å². The Morgan fingerprint density at radius 3 is 2.47 bits per heavy atom. The summed E-state index contributed by atoms with van der Waals surface area (Å²) >= 11 is 0. The van der Waals surface area contributed by atoms with E-state index in [1.807, 2.05) is 26.0 Å².